The molecule has 0 bridgehead atoms. The average molecular weight is 437 g/mol. The number of nitrogens with zero attached hydrogens (tertiary/aromatic N) is 1. The van der Waals surface area contributed by atoms with Crippen molar-refractivity contribution in [3.05, 3.63) is 59.7 Å². The number of alkyl carbamates (subject to hydrolysis) is 1. The van der Waals surface area contributed by atoms with Gasteiger partial charge < -0.3 is 25.4 Å². The van der Waals surface area contributed by atoms with Gasteiger partial charge in [-0.1, -0.05) is 48.5 Å². The molecule has 4 rings (SSSR count). The van der Waals surface area contributed by atoms with Gasteiger partial charge in [-0.05, 0) is 42.3 Å². The zero-order valence-corrected chi connectivity index (χ0v) is 17.9. The Morgan fingerprint density at radius 1 is 1.09 bits per heavy atom. The van der Waals surface area contributed by atoms with Crippen molar-refractivity contribution in [1.29, 1.82) is 0 Å². The number of fused-ring (bicyclic) bond motifs is 3. The summed E-state index contributed by atoms with van der Waals surface area (Å²) in [6.07, 6.45) is -0.539. The van der Waals surface area contributed by atoms with Gasteiger partial charge in [0.25, 0.3) is 0 Å². The van der Waals surface area contributed by atoms with E-state index < -0.39 is 30.4 Å². The second kappa shape index (κ2) is 9.40. The maximum absolute atomic E-state index is 12.6. The number of nitrogens with one attached hydrogen (secondary N) is 2. The Balaban J connectivity index is 1.39. The summed E-state index contributed by atoms with van der Waals surface area (Å²) in [5.74, 6) is -1.80. The second-order valence-electron chi connectivity index (χ2n) is 8.38. The largest absolute Gasteiger partial charge is 0.481 e. The van der Waals surface area contributed by atoms with Gasteiger partial charge in [-0.15, -0.1) is 0 Å². The van der Waals surface area contributed by atoms with Crippen LogP contribution in [0.3, 0.4) is 0 Å². The van der Waals surface area contributed by atoms with Crippen LogP contribution >= 0.6 is 0 Å². The number of carboxylic acids is 1. The summed E-state index contributed by atoms with van der Waals surface area (Å²) in [5, 5.41) is 14.5. The van der Waals surface area contributed by atoms with E-state index in [2.05, 4.69) is 15.5 Å². The molecule has 2 atom stereocenters. The molecule has 1 aliphatic heterocycles. The molecule has 1 heterocycles. The fraction of sp³-hybridized carbons (Fsp3) is 0.375. The molecule has 8 heteroatoms. The third-order valence-corrected chi connectivity index (χ3v) is 6.07. The molecule has 2 aromatic carbocycles. The van der Waals surface area contributed by atoms with E-state index in [0.29, 0.717) is 6.54 Å². The summed E-state index contributed by atoms with van der Waals surface area (Å²) in [6, 6.07) is 14.7. The molecule has 0 aromatic heterocycles. The summed E-state index contributed by atoms with van der Waals surface area (Å²) in [6.45, 7) is 1.64. The van der Waals surface area contributed by atoms with Gasteiger partial charge in [-0.3, -0.25) is 9.59 Å². The maximum atomic E-state index is 12.6. The van der Waals surface area contributed by atoms with Crippen molar-refractivity contribution in [2.24, 2.45) is 0 Å². The van der Waals surface area contributed by atoms with E-state index in [1.54, 1.807) is 0 Å². The van der Waals surface area contributed by atoms with Crippen molar-refractivity contribution in [2.75, 3.05) is 26.7 Å². The Kier molecular flexibility index (Phi) is 6.41. The van der Waals surface area contributed by atoms with Gasteiger partial charge in [0.1, 0.15) is 12.6 Å². The molecule has 1 aliphatic carbocycles. The van der Waals surface area contributed by atoms with Crippen LogP contribution in [0.5, 0.6) is 0 Å². The number of benzene rings is 2. The lowest BCUT2D eigenvalue weighted by atomic mass is 9.98. The molecule has 168 valence electrons. The molecular weight excluding hydrogens is 410 g/mol. The van der Waals surface area contributed by atoms with Crippen molar-refractivity contribution in [3.63, 3.8) is 0 Å². The predicted molar refractivity (Wildman–Crippen MR) is 118 cm³/mol. The van der Waals surface area contributed by atoms with Gasteiger partial charge in [-0.25, -0.2) is 4.79 Å². The minimum absolute atomic E-state index is 0.0619. The number of likely N-dealkylation sites (tertiary alicyclic amines) is 1. The Morgan fingerprint density at radius 2 is 1.72 bits per heavy atom. The van der Waals surface area contributed by atoms with Gasteiger partial charge in [0.05, 0.1) is 6.42 Å². The minimum atomic E-state index is -1.20. The van der Waals surface area contributed by atoms with Gasteiger partial charge in [0.2, 0.25) is 5.91 Å². The number of likely N-dealkylation sites (N-methyl/N-ethyl adjacent to an activating group) is 1. The first kappa shape index (κ1) is 21.8. The molecule has 2 aliphatic rings. The smallest absolute Gasteiger partial charge is 0.407 e. The lowest BCUT2D eigenvalue weighted by Gasteiger charge is -2.20. The SMILES string of the molecule is CN1CCC(NC(=O)C(CC(=O)O)NC(=O)OCC2c3ccccc3-c3ccccc32)C1. The summed E-state index contributed by atoms with van der Waals surface area (Å²) < 4.78 is 5.46. The number of carbonyl (C=O) groups excluding carboxylic acids is 2. The number of carboxylic acid groups (broad SMARTS) is 1. The zero-order chi connectivity index (χ0) is 22.7. The number of aliphatic carboxylic acids is 1. The first-order chi connectivity index (χ1) is 15.4. The van der Waals surface area contributed by atoms with Gasteiger partial charge >= 0.3 is 12.1 Å². The molecule has 2 unspecified atom stereocenters. The van der Waals surface area contributed by atoms with Crippen LogP contribution in [-0.4, -0.2) is 66.8 Å². The Labute approximate surface area is 186 Å². The third-order valence-electron chi connectivity index (χ3n) is 6.07. The number of rotatable bonds is 7. The lowest BCUT2D eigenvalue weighted by molar-refractivity contribution is -0.140. The highest BCUT2D eigenvalue weighted by molar-refractivity contribution is 5.89. The number of hydrogen-bond donors (Lipinski definition) is 3. The Bertz CT molecular complexity index is 979. The van der Waals surface area contributed by atoms with Crippen molar-refractivity contribution in [1.82, 2.24) is 15.5 Å². The standard InChI is InChI=1S/C24H27N3O5/c1-27-11-10-15(13-27)25-23(30)21(12-22(28)29)26-24(31)32-14-20-18-8-4-2-6-16(18)17-7-3-5-9-19(17)20/h2-9,15,20-21H,10-14H2,1H3,(H,25,30)(H,26,31)(H,28,29). The molecule has 32 heavy (non-hydrogen) atoms. The van der Waals surface area contributed by atoms with E-state index in [-0.39, 0.29) is 18.6 Å². The number of ether oxygens (including phenoxy) is 1. The van der Waals surface area contributed by atoms with Gasteiger partial charge in [0.15, 0.2) is 0 Å². The fourth-order valence-electron chi connectivity index (χ4n) is 4.52. The third kappa shape index (κ3) is 4.75. The molecular formula is C24H27N3O5. The highest BCUT2D eigenvalue weighted by atomic mass is 16.5. The first-order valence-electron chi connectivity index (χ1n) is 10.7. The van der Waals surface area contributed by atoms with Crippen molar-refractivity contribution >= 4 is 18.0 Å². The normalized spacial score (nSPS) is 18.5. The average Bonchev–Trinajstić information content (AvgIpc) is 3.32. The quantitative estimate of drug-likeness (QED) is 0.613. The first-order valence-corrected chi connectivity index (χ1v) is 10.7. The number of amides is 2. The molecule has 0 spiro atoms. The molecule has 1 saturated heterocycles. The van der Waals surface area contributed by atoms with Crippen LogP contribution in [0.4, 0.5) is 4.79 Å². The summed E-state index contributed by atoms with van der Waals surface area (Å²) in [5.41, 5.74) is 4.38. The fourth-order valence-corrected chi connectivity index (χ4v) is 4.52. The van der Waals surface area contributed by atoms with Crippen LogP contribution in [0.2, 0.25) is 0 Å². The van der Waals surface area contributed by atoms with Crippen LogP contribution in [0.25, 0.3) is 11.1 Å². The Morgan fingerprint density at radius 3 is 2.28 bits per heavy atom. The van der Waals surface area contributed by atoms with Crippen molar-refractivity contribution < 1.29 is 24.2 Å². The zero-order valence-electron chi connectivity index (χ0n) is 17.9. The van der Waals surface area contributed by atoms with Gasteiger partial charge in [0, 0.05) is 18.5 Å². The van der Waals surface area contributed by atoms with E-state index in [9.17, 15) is 19.5 Å². The molecule has 0 saturated carbocycles. The van der Waals surface area contributed by atoms with Crippen LogP contribution in [0.1, 0.15) is 29.9 Å². The summed E-state index contributed by atoms with van der Waals surface area (Å²) >= 11 is 0. The highest BCUT2D eigenvalue weighted by Crippen LogP contribution is 2.44. The maximum Gasteiger partial charge on any atom is 0.407 e. The van der Waals surface area contributed by atoms with Crippen LogP contribution < -0.4 is 10.6 Å². The van der Waals surface area contributed by atoms with Gasteiger partial charge in [-0.2, -0.15) is 0 Å². The molecule has 3 N–H and O–H groups in total. The van der Waals surface area contributed by atoms with E-state index in [0.717, 1.165) is 35.2 Å². The van der Waals surface area contributed by atoms with Crippen LogP contribution in [-0.2, 0) is 14.3 Å². The van der Waals surface area contributed by atoms with Crippen LogP contribution in [0.15, 0.2) is 48.5 Å². The van der Waals surface area contributed by atoms with Crippen molar-refractivity contribution in [3.8, 4) is 11.1 Å². The molecule has 0 radical (unpaired) electrons. The molecule has 2 amide bonds. The number of carbonyl (C=O) groups is 3. The lowest BCUT2D eigenvalue weighted by Crippen LogP contribution is -2.51. The molecule has 1 fully saturated rings. The topological polar surface area (TPSA) is 108 Å². The van der Waals surface area contributed by atoms with E-state index in [4.69, 9.17) is 4.74 Å². The second-order valence-corrected chi connectivity index (χ2v) is 8.38. The predicted octanol–water partition coefficient (Wildman–Crippen LogP) is 2.19. The van der Waals surface area contributed by atoms with Crippen molar-refractivity contribution in [2.45, 2.75) is 30.8 Å². The van der Waals surface area contributed by atoms with E-state index >= 15 is 0 Å². The monoisotopic (exact) mass is 437 g/mol. The molecule has 2 aromatic rings. The minimum Gasteiger partial charge on any atom is -0.481 e. The Hall–Kier alpha value is -3.39. The summed E-state index contributed by atoms with van der Waals surface area (Å²) in [4.78, 5) is 38.4. The highest BCUT2D eigenvalue weighted by Gasteiger charge is 2.31. The van der Waals surface area contributed by atoms with Crippen LogP contribution in [0, 0.1) is 0 Å². The number of hydrogen-bond acceptors (Lipinski definition) is 5. The summed E-state index contributed by atoms with van der Waals surface area (Å²) in [7, 11) is 1.95. The molecule has 8 nitrogen and oxygen atoms in total. The van der Waals surface area contributed by atoms with E-state index in [1.165, 1.54) is 0 Å². The van der Waals surface area contributed by atoms with E-state index in [1.807, 2.05) is 55.6 Å².